The highest BCUT2D eigenvalue weighted by atomic mass is 35.5. The van der Waals surface area contributed by atoms with Crippen molar-refractivity contribution in [2.24, 2.45) is 13.0 Å². The lowest BCUT2D eigenvalue weighted by Crippen LogP contribution is -2.57. The Balaban J connectivity index is 2.19. The standard InChI is InChI=1S/C16H29ClN4/c1-6-12-9-21(14(8-18-12)11(3)4)10-15-16(17)13(7-2)19-20(15)5/h11-12,14,18H,6-10H2,1-5H3. The fraction of sp³-hybridized carbons (Fsp3) is 0.812. The van der Waals surface area contributed by atoms with Gasteiger partial charge in [0.2, 0.25) is 0 Å². The average molecular weight is 313 g/mol. The van der Waals surface area contributed by atoms with Gasteiger partial charge in [-0.25, -0.2) is 0 Å². The van der Waals surface area contributed by atoms with E-state index in [4.69, 9.17) is 11.6 Å². The monoisotopic (exact) mass is 312 g/mol. The number of aromatic nitrogens is 2. The van der Waals surface area contributed by atoms with E-state index in [1.54, 1.807) is 0 Å². The Morgan fingerprint density at radius 2 is 2.10 bits per heavy atom. The Kier molecular flexibility index (Phi) is 5.69. The molecule has 1 N–H and O–H groups in total. The Bertz CT molecular complexity index is 469. The van der Waals surface area contributed by atoms with Gasteiger partial charge in [0.05, 0.1) is 16.4 Å². The van der Waals surface area contributed by atoms with Crippen LogP contribution in [-0.2, 0) is 20.0 Å². The van der Waals surface area contributed by atoms with E-state index in [1.165, 1.54) is 6.42 Å². The number of hydrogen-bond donors (Lipinski definition) is 1. The first-order valence-electron chi connectivity index (χ1n) is 8.15. The first-order chi connectivity index (χ1) is 9.97. The van der Waals surface area contributed by atoms with Crippen molar-refractivity contribution >= 4 is 11.6 Å². The van der Waals surface area contributed by atoms with Gasteiger partial charge in [0, 0.05) is 38.8 Å². The number of nitrogens with one attached hydrogen (secondary N) is 1. The molecular weight excluding hydrogens is 284 g/mol. The molecule has 2 atom stereocenters. The van der Waals surface area contributed by atoms with Crippen LogP contribution in [0.15, 0.2) is 0 Å². The van der Waals surface area contributed by atoms with Crippen LogP contribution in [0.25, 0.3) is 0 Å². The van der Waals surface area contributed by atoms with Crippen molar-refractivity contribution in [1.29, 1.82) is 0 Å². The Hall–Kier alpha value is -0.580. The first kappa shape index (κ1) is 16.8. The number of piperazine rings is 1. The van der Waals surface area contributed by atoms with Crippen LogP contribution in [0.3, 0.4) is 0 Å². The lowest BCUT2D eigenvalue weighted by atomic mass is 9.97. The van der Waals surface area contributed by atoms with E-state index in [-0.39, 0.29) is 0 Å². The maximum atomic E-state index is 6.52. The number of rotatable bonds is 5. The molecule has 21 heavy (non-hydrogen) atoms. The molecule has 5 heteroatoms. The third kappa shape index (κ3) is 3.61. The molecule has 1 aliphatic rings. The molecule has 0 spiro atoms. The van der Waals surface area contributed by atoms with Crippen molar-refractivity contribution in [1.82, 2.24) is 20.0 Å². The SMILES string of the molecule is CCc1nn(C)c(CN2CC(CC)NCC2C(C)C)c1Cl. The number of hydrogen-bond acceptors (Lipinski definition) is 3. The fourth-order valence-electron chi connectivity index (χ4n) is 3.20. The summed E-state index contributed by atoms with van der Waals surface area (Å²) in [4.78, 5) is 2.58. The lowest BCUT2D eigenvalue weighted by Gasteiger charge is -2.42. The molecule has 0 saturated carbocycles. The molecule has 2 unspecified atom stereocenters. The largest absolute Gasteiger partial charge is 0.311 e. The van der Waals surface area contributed by atoms with E-state index in [9.17, 15) is 0 Å². The third-order valence-corrected chi connectivity index (χ3v) is 5.09. The van der Waals surface area contributed by atoms with Gasteiger partial charge in [0.25, 0.3) is 0 Å². The molecule has 1 fully saturated rings. The third-order valence-electron chi connectivity index (χ3n) is 4.66. The lowest BCUT2D eigenvalue weighted by molar-refractivity contribution is 0.0876. The summed E-state index contributed by atoms with van der Waals surface area (Å²) in [5.41, 5.74) is 2.16. The molecule has 0 aromatic carbocycles. The number of nitrogens with zero attached hydrogens (tertiary/aromatic N) is 3. The quantitative estimate of drug-likeness (QED) is 0.907. The van der Waals surface area contributed by atoms with E-state index < -0.39 is 0 Å². The summed E-state index contributed by atoms with van der Waals surface area (Å²) in [7, 11) is 2.00. The molecule has 1 aromatic rings. The van der Waals surface area contributed by atoms with E-state index in [0.29, 0.717) is 18.0 Å². The number of halogens is 1. The van der Waals surface area contributed by atoms with Gasteiger partial charge in [-0.05, 0) is 18.8 Å². The van der Waals surface area contributed by atoms with E-state index in [2.05, 4.69) is 43.0 Å². The molecule has 2 rings (SSSR count). The first-order valence-corrected chi connectivity index (χ1v) is 8.53. The summed E-state index contributed by atoms with van der Waals surface area (Å²) >= 11 is 6.52. The van der Waals surface area contributed by atoms with Crippen molar-refractivity contribution in [3.8, 4) is 0 Å². The van der Waals surface area contributed by atoms with Crippen molar-refractivity contribution in [3.05, 3.63) is 16.4 Å². The highest BCUT2D eigenvalue weighted by Crippen LogP contribution is 2.25. The second-order valence-electron chi connectivity index (χ2n) is 6.44. The van der Waals surface area contributed by atoms with Crippen LogP contribution in [0.1, 0.15) is 45.5 Å². The maximum absolute atomic E-state index is 6.52. The molecular formula is C16H29ClN4. The van der Waals surface area contributed by atoms with Crippen molar-refractivity contribution in [3.63, 3.8) is 0 Å². The average Bonchev–Trinajstić information content (AvgIpc) is 2.74. The summed E-state index contributed by atoms with van der Waals surface area (Å²) < 4.78 is 1.96. The van der Waals surface area contributed by atoms with Crippen LogP contribution in [-0.4, -0.2) is 39.9 Å². The number of aryl methyl sites for hydroxylation is 2. The van der Waals surface area contributed by atoms with Gasteiger partial charge in [0.15, 0.2) is 0 Å². The van der Waals surface area contributed by atoms with Gasteiger partial charge >= 0.3 is 0 Å². The molecule has 1 aromatic heterocycles. The van der Waals surface area contributed by atoms with Crippen LogP contribution >= 0.6 is 11.6 Å². The van der Waals surface area contributed by atoms with Gasteiger partial charge in [-0.3, -0.25) is 9.58 Å². The molecule has 0 aliphatic carbocycles. The highest BCUT2D eigenvalue weighted by molar-refractivity contribution is 6.31. The van der Waals surface area contributed by atoms with Crippen LogP contribution in [0.5, 0.6) is 0 Å². The van der Waals surface area contributed by atoms with Crippen molar-refractivity contribution < 1.29 is 0 Å². The second kappa shape index (κ2) is 7.12. The summed E-state index contributed by atoms with van der Waals surface area (Å²) in [5, 5.41) is 9.07. The van der Waals surface area contributed by atoms with Crippen LogP contribution in [0.4, 0.5) is 0 Å². The minimum absolute atomic E-state index is 0.559. The van der Waals surface area contributed by atoms with E-state index in [1.807, 2.05) is 11.7 Å². The summed E-state index contributed by atoms with van der Waals surface area (Å²) in [6.45, 7) is 12.0. The predicted molar refractivity (Wildman–Crippen MR) is 88.7 cm³/mol. The van der Waals surface area contributed by atoms with Crippen molar-refractivity contribution in [2.75, 3.05) is 13.1 Å². The molecule has 0 bridgehead atoms. The van der Waals surface area contributed by atoms with Gasteiger partial charge < -0.3 is 5.32 Å². The van der Waals surface area contributed by atoms with Gasteiger partial charge in [-0.1, -0.05) is 39.3 Å². The molecule has 1 saturated heterocycles. The second-order valence-corrected chi connectivity index (χ2v) is 6.82. The normalized spacial score (nSPS) is 24.0. The predicted octanol–water partition coefficient (Wildman–Crippen LogP) is 2.84. The topological polar surface area (TPSA) is 33.1 Å². The Morgan fingerprint density at radius 1 is 1.38 bits per heavy atom. The maximum Gasteiger partial charge on any atom is 0.0863 e. The molecule has 1 aliphatic heterocycles. The summed E-state index contributed by atoms with van der Waals surface area (Å²) in [6.07, 6.45) is 2.06. The zero-order valence-electron chi connectivity index (χ0n) is 14.0. The molecule has 0 radical (unpaired) electrons. The van der Waals surface area contributed by atoms with Gasteiger partial charge in [-0.2, -0.15) is 5.10 Å². The van der Waals surface area contributed by atoms with Gasteiger partial charge in [-0.15, -0.1) is 0 Å². The molecule has 0 amide bonds. The van der Waals surface area contributed by atoms with Crippen LogP contribution in [0, 0.1) is 5.92 Å². The molecule has 4 nitrogen and oxygen atoms in total. The zero-order chi connectivity index (χ0) is 15.6. The van der Waals surface area contributed by atoms with Crippen LogP contribution < -0.4 is 5.32 Å². The highest BCUT2D eigenvalue weighted by Gasteiger charge is 2.30. The fourth-order valence-corrected chi connectivity index (χ4v) is 3.55. The summed E-state index contributed by atoms with van der Waals surface area (Å²) in [6, 6.07) is 1.14. The smallest absolute Gasteiger partial charge is 0.0863 e. The molecule has 120 valence electrons. The summed E-state index contributed by atoms with van der Waals surface area (Å²) in [5.74, 6) is 0.632. The Labute approximate surface area is 133 Å². The van der Waals surface area contributed by atoms with Crippen molar-refractivity contribution in [2.45, 2.75) is 59.2 Å². The zero-order valence-corrected chi connectivity index (χ0v) is 14.7. The van der Waals surface area contributed by atoms with E-state index >= 15 is 0 Å². The molecule has 2 heterocycles. The Morgan fingerprint density at radius 3 is 2.62 bits per heavy atom. The van der Waals surface area contributed by atoms with Gasteiger partial charge in [0.1, 0.15) is 0 Å². The minimum atomic E-state index is 0.559. The van der Waals surface area contributed by atoms with E-state index in [0.717, 1.165) is 42.5 Å². The minimum Gasteiger partial charge on any atom is -0.311 e. The van der Waals surface area contributed by atoms with Crippen LogP contribution in [0.2, 0.25) is 5.02 Å².